The zero-order valence-electron chi connectivity index (χ0n) is 13.7. The first kappa shape index (κ1) is 16.9. The van der Waals surface area contributed by atoms with Crippen molar-refractivity contribution in [3.63, 3.8) is 0 Å². The van der Waals surface area contributed by atoms with Gasteiger partial charge in [0, 0.05) is 4.47 Å². The highest BCUT2D eigenvalue weighted by atomic mass is 79.9. The summed E-state index contributed by atoms with van der Waals surface area (Å²) in [6, 6.07) is 13.3. The van der Waals surface area contributed by atoms with Crippen LogP contribution in [0.25, 0.3) is 21.7 Å². The van der Waals surface area contributed by atoms with E-state index in [2.05, 4.69) is 26.1 Å². The van der Waals surface area contributed by atoms with Gasteiger partial charge in [0.2, 0.25) is 0 Å². The monoisotopic (exact) mass is 428 g/mol. The van der Waals surface area contributed by atoms with E-state index in [-0.39, 0.29) is 6.61 Å². The maximum Gasteiger partial charge on any atom is 0.339 e. The van der Waals surface area contributed by atoms with Crippen LogP contribution in [0.5, 0.6) is 0 Å². The van der Waals surface area contributed by atoms with Gasteiger partial charge in [0.1, 0.15) is 6.61 Å². The lowest BCUT2D eigenvalue weighted by atomic mass is 10.1. The second-order valence-electron chi connectivity index (χ2n) is 5.69. The molecule has 3 aromatic heterocycles. The maximum absolute atomic E-state index is 12.8. The molecule has 130 valence electrons. The zero-order chi connectivity index (χ0) is 18.1. The Labute approximate surface area is 161 Å². The van der Waals surface area contributed by atoms with Gasteiger partial charge in [-0.15, -0.1) is 11.3 Å². The minimum absolute atomic E-state index is 0.181. The standard InChI is InChI=1S/C19H13BrN2O3S/c1-11-17-14(19(23)24-10-12-4-2-5-13(20)8-12)9-15(16-6-3-7-26-16)21-18(17)25-22-11/h2-9H,10H2,1H3. The largest absolute Gasteiger partial charge is 0.457 e. The lowest BCUT2D eigenvalue weighted by Gasteiger charge is -2.07. The molecule has 0 atom stereocenters. The predicted molar refractivity (Wildman–Crippen MR) is 103 cm³/mol. The van der Waals surface area contributed by atoms with Crippen LogP contribution in [-0.2, 0) is 11.3 Å². The van der Waals surface area contributed by atoms with Gasteiger partial charge in [0.05, 0.1) is 27.2 Å². The Balaban J connectivity index is 1.69. The number of hydrogen-bond donors (Lipinski definition) is 0. The molecule has 0 saturated carbocycles. The molecule has 4 aromatic rings. The molecular formula is C19H13BrN2O3S. The highest BCUT2D eigenvalue weighted by Gasteiger charge is 2.20. The Morgan fingerprint density at radius 3 is 2.92 bits per heavy atom. The molecule has 26 heavy (non-hydrogen) atoms. The SMILES string of the molecule is Cc1noc2nc(-c3cccs3)cc(C(=O)OCc3cccc(Br)c3)c12. The molecule has 0 radical (unpaired) electrons. The molecule has 0 bridgehead atoms. The van der Waals surface area contributed by atoms with Gasteiger partial charge in [-0.3, -0.25) is 0 Å². The summed E-state index contributed by atoms with van der Waals surface area (Å²) in [5.74, 6) is -0.429. The molecule has 3 heterocycles. The first-order chi connectivity index (χ1) is 12.6. The maximum atomic E-state index is 12.8. The van der Waals surface area contributed by atoms with E-state index in [1.54, 1.807) is 24.3 Å². The Kier molecular flexibility index (Phi) is 4.57. The summed E-state index contributed by atoms with van der Waals surface area (Å²) in [7, 11) is 0. The van der Waals surface area contributed by atoms with E-state index in [9.17, 15) is 4.79 Å². The van der Waals surface area contributed by atoms with Crippen LogP contribution in [0.3, 0.4) is 0 Å². The first-order valence-corrected chi connectivity index (χ1v) is 9.51. The van der Waals surface area contributed by atoms with Gasteiger partial charge >= 0.3 is 5.97 Å². The molecule has 1 aromatic carbocycles. The number of esters is 1. The number of thiophene rings is 1. The smallest absolute Gasteiger partial charge is 0.339 e. The van der Waals surface area contributed by atoms with Gasteiger partial charge in [-0.1, -0.05) is 39.3 Å². The molecule has 0 aliphatic carbocycles. The highest BCUT2D eigenvalue weighted by Crippen LogP contribution is 2.30. The van der Waals surface area contributed by atoms with Crippen molar-refractivity contribution in [2.45, 2.75) is 13.5 Å². The van der Waals surface area contributed by atoms with Crippen LogP contribution >= 0.6 is 27.3 Å². The van der Waals surface area contributed by atoms with Crippen LogP contribution in [-0.4, -0.2) is 16.1 Å². The van der Waals surface area contributed by atoms with E-state index < -0.39 is 5.97 Å². The van der Waals surface area contributed by atoms with Gasteiger partial charge in [0.15, 0.2) is 0 Å². The van der Waals surface area contributed by atoms with Crippen molar-refractivity contribution in [1.29, 1.82) is 0 Å². The van der Waals surface area contributed by atoms with Crippen LogP contribution in [0.15, 0.2) is 56.8 Å². The van der Waals surface area contributed by atoms with Crippen LogP contribution in [0.4, 0.5) is 0 Å². The number of ether oxygens (including phenoxy) is 1. The van der Waals surface area contributed by atoms with Gasteiger partial charge < -0.3 is 9.26 Å². The van der Waals surface area contributed by atoms with Crippen LogP contribution in [0.1, 0.15) is 21.6 Å². The summed E-state index contributed by atoms with van der Waals surface area (Å²) in [6.45, 7) is 1.96. The summed E-state index contributed by atoms with van der Waals surface area (Å²) in [5, 5.41) is 6.49. The molecule has 0 saturated heterocycles. The van der Waals surface area contributed by atoms with E-state index in [0.717, 1.165) is 14.9 Å². The fourth-order valence-electron chi connectivity index (χ4n) is 2.66. The summed E-state index contributed by atoms with van der Waals surface area (Å²) in [4.78, 5) is 18.2. The third kappa shape index (κ3) is 3.27. The number of carbonyl (C=O) groups excluding carboxylic acids is 1. The lowest BCUT2D eigenvalue weighted by Crippen LogP contribution is -2.07. The zero-order valence-corrected chi connectivity index (χ0v) is 16.1. The highest BCUT2D eigenvalue weighted by molar-refractivity contribution is 9.10. The van der Waals surface area contributed by atoms with Crippen molar-refractivity contribution < 1.29 is 14.1 Å². The third-order valence-corrected chi connectivity index (χ3v) is 5.26. The number of aryl methyl sites for hydroxylation is 1. The van der Waals surface area contributed by atoms with Crippen molar-refractivity contribution in [3.8, 4) is 10.6 Å². The van der Waals surface area contributed by atoms with Gasteiger partial charge in [-0.2, -0.15) is 0 Å². The van der Waals surface area contributed by atoms with Gasteiger partial charge in [-0.05, 0) is 42.1 Å². The van der Waals surface area contributed by atoms with Crippen LogP contribution in [0, 0.1) is 6.92 Å². The fourth-order valence-corrected chi connectivity index (χ4v) is 3.79. The van der Waals surface area contributed by atoms with Crippen LogP contribution in [0.2, 0.25) is 0 Å². The molecule has 0 aliphatic heterocycles. The molecule has 0 unspecified atom stereocenters. The molecule has 0 fully saturated rings. The van der Waals surface area contributed by atoms with E-state index in [1.807, 2.05) is 41.8 Å². The van der Waals surface area contributed by atoms with E-state index in [4.69, 9.17) is 9.26 Å². The minimum Gasteiger partial charge on any atom is -0.457 e. The number of hydrogen-bond acceptors (Lipinski definition) is 6. The number of pyridine rings is 1. The van der Waals surface area contributed by atoms with Crippen LogP contribution < -0.4 is 0 Å². The fraction of sp³-hybridized carbons (Fsp3) is 0.105. The molecule has 0 amide bonds. The number of fused-ring (bicyclic) bond motifs is 1. The summed E-state index contributed by atoms with van der Waals surface area (Å²) in [6.07, 6.45) is 0. The lowest BCUT2D eigenvalue weighted by molar-refractivity contribution is 0.0475. The summed E-state index contributed by atoms with van der Waals surface area (Å²) >= 11 is 4.96. The van der Waals surface area contributed by atoms with Crippen molar-refractivity contribution in [2.24, 2.45) is 0 Å². The number of nitrogens with zero attached hydrogens (tertiary/aromatic N) is 2. The number of halogens is 1. The van der Waals surface area contributed by atoms with E-state index in [0.29, 0.717) is 28.1 Å². The molecule has 5 nitrogen and oxygen atoms in total. The number of carbonyl (C=O) groups is 1. The second-order valence-corrected chi connectivity index (χ2v) is 7.55. The van der Waals surface area contributed by atoms with Crippen molar-refractivity contribution >= 4 is 44.3 Å². The van der Waals surface area contributed by atoms with Crippen molar-refractivity contribution in [2.75, 3.05) is 0 Å². The summed E-state index contributed by atoms with van der Waals surface area (Å²) < 4.78 is 11.7. The first-order valence-electron chi connectivity index (χ1n) is 7.84. The third-order valence-electron chi connectivity index (χ3n) is 3.87. The molecule has 4 rings (SSSR count). The minimum atomic E-state index is -0.429. The molecule has 0 spiro atoms. The average Bonchev–Trinajstić information content (AvgIpc) is 3.29. The molecule has 0 N–H and O–H groups in total. The number of benzene rings is 1. The number of aromatic nitrogens is 2. The topological polar surface area (TPSA) is 65.2 Å². The average molecular weight is 429 g/mol. The Bertz CT molecular complexity index is 1090. The Hall–Kier alpha value is -2.51. The quantitative estimate of drug-likeness (QED) is 0.408. The predicted octanol–water partition coefficient (Wildman–Crippen LogP) is 5.38. The van der Waals surface area contributed by atoms with E-state index in [1.165, 1.54) is 0 Å². The van der Waals surface area contributed by atoms with Crippen molar-refractivity contribution in [3.05, 3.63) is 69.1 Å². The summed E-state index contributed by atoms with van der Waals surface area (Å²) in [5.41, 5.74) is 2.92. The number of rotatable bonds is 4. The second kappa shape index (κ2) is 7.01. The molecule has 0 aliphatic rings. The van der Waals surface area contributed by atoms with Gasteiger partial charge in [-0.25, -0.2) is 9.78 Å². The Morgan fingerprint density at radius 2 is 2.15 bits per heavy atom. The Morgan fingerprint density at radius 1 is 1.27 bits per heavy atom. The van der Waals surface area contributed by atoms with Crippen molar-refractivity contribution in [1.82, 2.24) is 10.1 Å². The van der Waals surface area contributed by atoms with Gasteiger partial charge in [0.25, 0.3) is 5.71 Å². The molecular weight excluding hydrogens is 416 g/mol. The van der Waals surface area contributed by atoms with E-state index >= 15 is 0 Å². The molecule has 7 heteroatoms. The normalized spacial score (nSPS) is 11.0.